The van der Waals surface area contributed by atoms with E-state index in [9.17, 15) is 4.79 Å². The minimum atomic E-state index is -0.497. The number of hydrogen-bond donors (Lipinski definition) is 2. The van der Waals surface area contributed by atoms with Gasteiger partial charge >= 0.3 is 5.97 Å². The third-order valence-electron chi connectivity index (χ3n) is 3.04. The van der Waals surface area contributed by atoms with Crippen LogP contribution in [0.25, 0.3) is 5.70 Å². The number of carbonyl (C=O) groups excluding carboxylic acids is 1. The van der Waals surface area contributed by atoms with Gasteiger partial charge in [0, 0.05) is 5.69 Å². The van der Waals surface area contributed by atoms with Gasteiger partial charge in [-0.05, 0) is 29.8 Å². The maximum Gasteiger partial charge on any atom is 0.346 e. The van der Waals surface area contributed by atoms with Gasteiger partial charge in [-0.3, -0.25) is 0 Å². The summed E-state index contributed by atoms with van der Waals surface area (Å²) in [6.45, 7) is 0. The Morgan fingerprint density at radius 2 is 1.64 bits per heavy atom. The smallest absolute Gasteiger partial charge is 0.346 e. The van der Waals surface area contributed by atoms with Crippen molar-refractivity contribution in [2.24, 2.45) is 0 Å². The topological polar surface area (TPSA) is 47.6 Å². The van der Waals surface area contributed by atoms with Crippen LogP contribution in [-0.4, -0.2) is 20.2 Å². The fourth-order valence-corrected chi connectivity index (χ4v) is 2.17. The van der Waals surface area contributed by atoms with Crippen molar-refractivity contribution in [1.29, 1.82) is 0 Å². The van der Waals surface area contributed by atoms with Gasteiger partial charge in [0.2, 0.25) is 0 Å². The van der Waals surface area contributed by atoms with Crippen LogP contribution in [0.2, 0.25) is 0 Å². The van der Waals surface area contributed by atoms with Gasteiger partial charge in [-0.2, -0.15) is 0 Å². The maximum absolute atomic E-state index is 11.8. The average molecular weight is 315 g/mol. The van der Waals surface area contributed by atoms with Gasteiger partial charge in [-0.25, -0.2) is 4.79 Å². The van der Waals surface area contributed by atoms with Crippen LogP contribution in [0.15, 0.2) is 59.5 Å². The molecule has 0 saturated carbocycles. The van der Waals surface area contributed by atoms with Crippen LogP contribution in [0.1, 0.15) is 5.56 Å². The van der Waals surface area contributed by atoms with Crippen molar-refractivity contribution >= 4 is 30.0 Å². The summed E-state index contributed by atoms with van der Waals surface area (Å²) in [5.41, 5.74) is 2.24. The van der Waals surface area contributed by atoms with Crippen molar-refractivity contribution < 1.29 is 14.3 Å². The SMILES string of the molecule is COC(=O)/C(S)=C(/Nc1ccc(OC)cc1)c1ccccc1. The van der Waals surface area contributed by atoms with Crippen molar-refractivity contribution in [2.45, 2.75) is 0 Å². The van der Waals surface area contributed by atoms with Crippen LogP contribution in [0.3, 0.4) is 0 Å². The molecule has 0 amide bonds. The number of nitrogens with one attached hydrogen (secondary N) is 1. The summed E-state index contributed by atoms with van der Waals surface area (Å²) in [7, 11) is 2.94. The van der Waals surface area contributed by atoms with Crippen molar-refractivity contribution in [3.05, 3.63) is 65.1 Å². The van der Waals surface area contributed by atoms with Gasteiger partial charge in [0.25, 0.3) is 0 Å². The first-order chi connectivity index (χ1) is 10.7. The number of thiol groups is 1. The predicted octanol–water partition coefficient (Wildman–Crippen LogP) is 3.58. The molecule has 1 N–H and O–H groups in total. The standard InChI is InChI=1S/C17H17NO3S/c1-20-14-10-8-13(9-11-14)18-15(16(22)17(19)21-2)12-6-4-3-5-7-12/h3-11,18,22H,1-2H3/b16-15-. The molecule has 5 heteroatoms. The summed E-state index contributed by atoms with van der Waals surface area (Å²) in [6, 6.07) is 16.9. The molecule has 22 heavy (non-hydrogen) atoms. The Morgan fingerprint density at radius 3 is 2.18 bits per heavy atom. The Bertz CT molecular complexity index is 666. The molecule has 0 bridgehead atoms. The lowest BCUT2D eigenvalue weighted by Gasteiger charge is -2.14. The Hall–Kier alpha value is -2.40. The lowest BCUT2D eigenvalue weighted by molar-refractivity contribution is -0.135. The highest BCUT2D eigenvalue weighted by Gasteiger charge is 2.14. The van der Waals surface area contributed by atoms with E-state index in [1.165, 1.54) is 7.11 Å². The van der Waals surface area contributed by atoms with E-state index in [2.05, 4.69) is 17.9 Å². The molecule has 2 aromatic carbocycles. The second kappa shape index (κ2) is 7.56. The zero-order valence-electron chi connectivity index (χ0n) is 12.4. The summed E-state index contributed by atoms with van der Waals surface area (Å²) in [4.78, 5) is 12.0. The first kappa shape index (κ1) is 16.0. The van der Waals surface area contributed by atoms with Gasteiger partial charge < -0.3 is 14.8 Å². The number of methoxy groups -OCH3 is 2. The van der Waals surface area contributed by atoms with Crippen LogP contribution in [0, 0.1) is 0 Å². The van der Waals surface area contributed by atoms with Crippen molar-refractivity contribution in [1.82, 2.24) is 0 Å². The van der Waals surface area contributed by atoms with Crippen molar-refractivity contribution in [3.63, 3.8) is 0 Å². The summed E-state index contributed by atoms with van der Waals surface area (Å²) in [5.74, 6) is 0.262. The molecule has 0 fully saturated rings. The first-order valence-corrected chi connectivity index (χ1v) is 7.08. The van der Waals surface area contributed by atoms with E-state index in [1.54, 1.807) is 7.11 Å². The Balaban J connectivity index is 2.38. The Kier molecular flexibility index (Phi) is 5.49. The number of hydrogen-bond acceptors (Lipinski definition) is 5. The summed E-state index contributed by atoms with van der Waals surface area (Å²) in [5, 5.41) is 3.21. The Labute approximate surface area is 135 Å². The number of esters is 1. The number of carbonyl (C=O) groups is 1. The highest BCUT2D eigenvalue weighted by atomic mass is 32.1. The molecular formula is C17H17NO3S. The van der Waals surface area contributed by atoms with E-state index in [1.807, 2.05) is 54.6 Å². The largest absolute Gasteiger partial charge is 0.497 e. The van der Waals surface area contributed by atoms with E-state index < -0.39 is 5.97 Å². The third kappa shape index (κ3) is 3.83. The third-order valence-corrected chi connectivity index (χ3v) is 3.44. The fourth-order valence-electron chi connectivity index (χ4n) is 1.89. The quantitative estimate of drug-likeness (QED) is 0.503. The van der Waals surface area contributed by atoms with E-state index in [4.69, 9.17) is 9.47 Å². The van der Waals surface area contributed by atoms with Crippen LogP contribution in [0.5, 0.6) is 5.75 Å². The molecule has 4 nitrogen and oxygen atoms in total. The molecule has 0 saturated heterocycles. The van der Waals surface area contributed by atoms with Gasteiger partial charge in [0.1, 0.15) is 10.7 Å². The number of anilines is 1. The molecule has 0 heterocycles. The lowest BCUT2D eigenvalue weighted by Crippen LogP contribution is -2.08. The van der Waals surface area contributed by atoms with E-state index >= 15 is 0 Å². The van der Waals surface area contributed by atoms with E-state index in [-0.39, 0.29) is 4.91 Å². The monoisotopic (exact) mass is 315 g/mol. The molecule has 2 aromatic rings. The summed E-state index contributed by atoms with van der Waals surface area (Å²) >= 11 is 4.30. The molecule has 0 unspecified atom stereocenters. The summed E-state index contributed by atoms with van der Waals surface area (Å²) < 4.78 is 9.89. The number of benzene rings is 2. The molecule has 0 aliphatic heterocycles. The van der Waals surface area contributed by atoms with Crippen molar-refractivity contribution in [3.8, 4) is 5.75 Å². The van der Waals surface area contributed by atoms with Gasteiger partial charge in [-0.15, -0.1) is 12.6 Å². The van der Waals surface area contributed by atoms with E-state index in [0.29, 0.717) is 5.70 Å². The highest BCUT2D eigenvalue weighted by Crippen LogP contribution is 2.25. The second-order valence-electron chi connectivity index (χ2n) is 4.43. The van der Waals surface area contributed by atoms with Crippen molar-refractivity contribution in [2.75, 3.05) is 19.5 Å². The van der Waals surface area contributed by atoms with Crippen LogP contribution >= 0.6 is 12.6 Å². The maximum atomic E-state index is 11.8. The molecule has 0 radical (unpaired) electrons. The molecule has 0 aliphatic rings. The van der Waals surface area contributed by atoms with Gasteiger partial charge in [0.05, 0.1) is 19.9 Å². The molecule has 0 atom stereocenters. The zero-order valence-corrected chi connectivity index (χ0v) is 13.3. The fraction of sp³-hybridized carbons (Fsp3) is 0.118. The average Bonchev–Trinajstić information content (AvgIpc) is 2.59. The molecule has 114 valence electrons. The minimum Gasteiger partial charge on any atom is -0.497 e. The molecule has 0 aromatic heterocycles. The minimum absolute atomic E-state index is 0.213. The molecular weight excluding hydrogens is 298 g/mol. The second-order valence-corrected chi connectivity index (χ2v) is 4.88. The first-order valence-electron chi connectivity index (χ1n) is 6.63. The van der Waals surface area contributed by atoms with Gasteiger partial charge in [0.15, 0.2) is 0 Å². The number of ether oxygens (including phenoxy) is 2. The number of rotatable bonds is 5. The molecule has 0 spiro atoms. The zero-order chi connectivity index (χ0) is 15.9. The molecule has 0 aliphatic carbocycles. The lowest BCUT2D eigenvalue weighted by atomic mass is 10.1. The Morgan fingerprint density at radius 1 is 1.00 bits per heavy atom. The normalized spacial score (nSPS) is 11.4. The van der Waals surface area contributed by atoms with Crippen LogP contribution in [0.4, 0.5) is 5.69 Å². The van der Waals surface area contributed by atoms with E-state index in [0.717, 1.165) is 17.0 Å². The summed E-state index contributed by atoms with van der Waals surface area (Å²) in [6.07, 6.45) is 0. The van der Waals surface area contributed by atoms with Crippen LogP contribution < -0.4 is 10.1 Å². The van der Waals surface area contributed by atoms with Crippen LogP contribution in [-0.2, 0) is 9.53 Å². The van der Waals surface area contributed by atoms with Gasteiger partial charge in [-0.1, -0.05) is 30.3 Å². The predicted molar refractivity (Wildman–Crippen MR) is 91.0 cm³/mol. The molecule has 2 rings (SSSR count). The highest BCUT2D eigenvalue weighted by molar-refractivity contribution is 7.85.